The van der Waals surface area contributed by atoms with Crippen LogP contribution in [0.5, 0.6) is 0 Å². The van der Waals surface area contributed by atoms with Crippen LogP contribution in [0.25, 0.3) is 0 Å². The fourth-order valence-electron chi connectivity index (χ4n) is 2.21. The van der Waals surface area contributed by atoms with E-state index in [9.17, 15) is 14.7 Å². The Labute approximate surface area is 131 Å². The maximum atomic E-state index is 11.8. The van der Waals surface area contributed by atoms with E-state index in [-0.39, 0.29) is 36.5 Å². The molecule has 124 valence electrons. The smallest absolute Gasteiger partial charge is 0.286 e. The molecule has 3 N–H and O–H groups in total. The maximum absolute atomic E-state index is 11.8. The normalized spacial score (nSPS) is 13.0. The molecule has 1 unspecified atom stereocenters. The number of hydrogen-bond acceptors (Lipinski definition) is 4. The molecule has 0 spiro atoms. The number of aliphatic hydroxyl groups is 1. The highest BCUT2D eigenvalue weighted by Crippen LogP contribution is 2.24. The molecule has 0 bridgehead atoms. The lowest BCUT2D eigenvalue weighted by molar-refractivity contribution is -0.121. The predicted molar refractivity (Wildman–Crippen MR) is 83.3 cm³/mol. The van der Waals surface area contributed by atoms with Crippen LogP contribution >= 0.6 is 0 Å². The number of nitrogens with one attached hydrogen (secondary N) is 2. The molecule has 1 aromatic heterocycles. The number of aliphatic hydroxyl groups excluding tert-OH is 1. The number of furan rings is 1. The van der Waals surface area contributed by atoms with Gasteiger partial charge in [0.05, 0.1) is 12.4 Å². The Morgan fingerprint density at radius 2 is 2.00 bits per heavy atom. The van der Waals surface area contributed by atoms with Crippen molar-refractivity contribution in [2.45, 2.75) is 40.2 Å². The number of rotatable bonds is 8. The van der Waals surface area contributed by atoms with Gasteiger partial charge in [0, 0.05) is 24.9 Å². The molecule has 22 heavy (non-hydrogen) atoms. The largest absolute Gasteiger partial charge is 0.459 e. The monoisotopic (exact) mass is 310 g/mol. The SMILES string of the molecule is CC(C)C(O)C(C)(C)CNC(=O)CCNC(=O)c1ccco1. The molecule has 1 atom stereocenters. The van der Waals surface area contributed by atoms with Gasteiger partial charge in [-0.15, -0.1) is 0 Å². The van der Waals surface area contributed by atoms with E-state index in [1.165, 1.54) is 6.26 Å². The molecule has 6 nitrogen and oxygen atoms in total. The average Bonchev–Trinajstić information content (AvgIpc) is 2.98. The average molecular weight is 310 g/mol. The van der Waals surface area contributed by atoms with Gasteiger partial charge in [0.2, 0.25) is 5.91 Å². The summed E-state index contributed by atoms with van der Waals surface area (Å²) in [6.45, 7) is 8.33. The molecule has 0 aliphatic rings. The zero-order valence-corrected chi connectivity index (χ0v) is 13.7. The quantitative estimate of drug-likeness (QED) is 0.679. The molecule has 0 aliphatic carbocycles. The van der Waals surface area contributed by atoms with Gasteiger partial charge in [-0.2, -0.15) is 0 Å². The second-order valence-corrected chi connectivity index (χ2v) is 6.44. The zero-order chi connectivity index (χ0) is 16.8. The molecule has 0 saturated carbocycles. The van der Waals surface area contributed by atoms with Crippen LogP contribution in [0, 0.1) is 11.3 Å². The van der Waals surface area contributed by atoms with Crippen molar-refractivity contribution in [2.24, 2.45) is 11.3 Å². The summed E-state index contributed by atoms with van der Waals surface area (Å²) >= 11 is 0. The first kappa shape index (κ1) is 18.2. The van der Waals surface area contributed by atoms with Gasteiger partial charge < -0.3 is 20.2 Å². The minimum absolute atomic E-state index is 0.125. The third-order valence-electron chi connectivity index (χ3n) is 3.56. The lowest BCUT2D eigenvalue weighted by Gasteiger charge is -2.33. The van der Waals surface area contributed by atoms with Gasteiger partial charge in [-0.05, 0) is 18.1 Å². The van der Waals surface area contributed by atoms with Crippen LogP contribution in [0.2, 0.25) is 0 Å². The van der Waals surface area contributed by atoms with E-state index in [1.807, 2.05) is 27.7 Å². The highest BCUT2D eigenvalue weighted by atomic mass is 16.3. The second-order valence-electron chi connectivity index (χ2n) is 6.44. The fraction of sp³-hybridized carbons (Fsp3) is 0.625. The minimum Gasteiger partial charge on any atom is -0.459 e. The Morgan fingerprint density at radius 1 is 1.32 bits per heavy atom. The Bertz CT molecular complexity index is 480. The molecule has 6 heteroatoms. The highest BCUT2D eigenvalue weighted by Gasteiger charge is 2.30. The third-order valence-corrected chi connectivity index (χ3v) is 3.56. The Balaban J connectivity index is 2.28. The van der Waals surface area contributed by atoms with Gasteiger partial charge in [-0.1, -0.05) is 27.7 Å². The first-order valence-corrected chi connectivity index (χ1v) is 7.50. The van der Waals surface area contributed by atoms with E-state index in [0.29, 0.717) is 6.54 Å². The Hall–Kier alpha value is -1.82. The molecule has 1 rings (SSSR count). The number of amides is 2. The molecule has 0 radical (unpaired) electrons. The fourth-order valence-corrected chi connectivity index (χ4v) is 2.21. The molecule has 0 fully saturated rings. The molecular weight excluding hydrogens is 284 g/mol. The van der Waals surface area contributed by atoms with Crippen LogP contribution in [0.4, 0.5) is 0 Å². The van der Waals surface area contributed by atoms with Crippen LogP contribution < -0.4 is 10.6 Å². The first-order chi connectivity index (χ1) is 10.2. The number of carbonyl (C=O) groups excluding carboxylic acids is 2. The van der Waals surface area contributed by atoms with Gasteiger partial charge in [-0.25, -0.2) is 0 Å². The van der Waals surface area contributed by atoms with Crippen LogP contribution in [-0.4, -0.2) is 36.1 Å². The van der Waals surface area contributed by atoms with E-state index in [4.69, 9.17) is 4.42 Å². The van der Waals surface area contributed by atoms with Gasteiger partial charge >= 0.3 is 0 Å². The van der Waals surface area contributed by atoms with E-state index in [0.717, 1.165) is 0 Å². The molecule has 1 heterocycles. The molecule has 0 aliphatic heterocycles. The van der Waals surface area contributed by atoms with Crippen molar-refractivity contribution in [1.29, 1.82) is 0 Å². The lowest BCUT2D eigenvalue weighted by Crippen LogP contribution is -2.44. The van der Waals surface area contributed by atoms with E-state index >= 15 is 0 Å². The van der Waals surface area contributed by atoms with Gasteiger partial charge in [0.25, 0.3) is 5.91 Å². The molecular formula is C16H26N2O4. The summed E-state index contributed by atoms with van der Waals surface area (Å²) in [7, 11) is 0. The second kappa shape index (κ2) is 7.98. The number of hydrogen-bond donors (Lipinski definition) is 3. The van der Waals surface area contributed by atoms with Crippen LogP contribution in [0.1, 0.15) is 44.7 Å². The van der Waals surface area contributed by atoms with Gasteiger partial charge in [0.1, 0.15) is 0 Å². The third kappa shape index (κ3) is 5.52. The topological polar surface area (TPSA) is 91.6 Å². The van der Waals surface area contributed by atoms with Crippen molar-refractivity contribution in [3.63, 3.8) is 0 Å². The summed E-state index contributed by atoms with van der Waals surface area (Å²) in [5, 5.41) is 15.5. The summed E-state index contributed by atoms with van der Waals surface area (Å²) in [6, 6.07) is 3.19. The summed E-state index contributed by atoms with van der Waals surface area (Å²) in [6.07, 6.45) is 1.11. The first-order valence-electron chi connectivity index (χ1n) is 7.50. The van der Waals surface area contributed by atoms with Gasteiger partial charge in [-0.3, -0.25) is 9.59 Å². The predicted octanol–water partition coefficient (Wildman–Crippen LogP) is 1.56. The summed E-state index contributed by atoms with van der Waals surface area (Å²) < 4.78 is 4.95. The Morgan fingerprint density at radius 3 is 2.55 bits per heavy atom. The van der Waals surface area contributed by atoms with Crippen molar-refractivity contribution in [3.8, 4) is 0 Å². The van der Waals surface area contributed by atoms with E-state index < -0.39 is 11.5 Å². The van der Waals surface area contributed by atoms with Crippen molar-refractivity contribution >= 4 is 11.8 Å². The van der Waals surface area contributed by atoms with Crippen molar-refractivity contribution in [3.05, 3.63) is 24.2 Å². The molecule has 0 saturated heterocycles. The summed E-state index contributed by atoms with van der Waals surface area (Å²) in [5.41, 5.74) is -0.402. The van der Waals surface area contributed by atoms with E-state index in [1.54, 1.807) is 12.1 Å². The van der Waals surface area contributed by atoms with E-state index in [2.05, 4.69) is 10.6 Å². The van der Waals surface area contributed by atoms with Gasteiger partial charge in [0.15, 0.2) is 5.76 Å². The standard InChI is InChI=1S/C16H26N2O4/c1-11(2)14(20)16(3,4)10-18-13(19)7-8-17-15(21)12-6-5-9-22-12/h5-6,9,11,14,20H,7-8,10H2,1-4H3,(H,17,21)(H,18,19). The maximum Gasteiger partial charge on any atom is 0.286 e. The minimum atomic E-state index is -0.494. The van der Waals surface area contributed by atoms with Crippen LogP contribution in [-0.2, 0) is 4.79 Å². The van der Waals surface area contributed by atoms with Crippen LogP contribution in [0.3, 0.4) is 0 Å². The molecule has 2 amide bonds. The highest BCUT2D eigenvalue weighted by molar-refractivity contribution is 5.91. The van der Waals surface area contributed by atoms with Crippen molar-refractivity contribution in [2.75, 3.05) is 13.1 Å². The van der Waals surface area contributed by atoms with Crippen molar-refractivity contribution in [1.82, 2.24) is 10.6 Å². The summed E-state index contributed by atoms with van der Waals surface area (Å²) in [4.78, 5) is 23.4. The molecule has 1 aromatic rings. The van der Waals surface area contributed by atoms with Crippen molar-refractivity contribution < 1.29 is 19.1 Å². The van der Waals surface area contributed by atoms with Crippen LogP contribution in [0.15, 0.2) is 22.8 Å². The summed E-state index contributed by atoms with van der Waals surface area (Å²) in [5.74, 6) is -0.154. The Kier molecular flexibility index (Phi) is 6.61. The zero-order valence-electron chi connectivity index (χ0n) is 13.7. The molecule has 0 aromatic carbocycles. The number of carbonyl (C=O) groups is 2. The lowest BCUT2D eigenvalue weighted by atomic mass is 9.80.